The lowest BCUT2D eigenvalue weighted by molar-refractivity contribution is -0.228. The van der Waals surface area contributed by atoms with Crippen LogP contribution in [0.5, 0.6) is 0 Å². The molecule has 1 rings (SSSR count). The van der Waals surface area contributed by atoms with Gasteiger partial charge in [0.15, 0.2) is 0 Å². The molecule has 1 N–H and O–H groups in total. The van der Waals surface area contributed by atoms with Crippen molar-refractivity contribution in [2.24, 2.45) is 0 Å². The molecule has 0 radical (unpaired) electrons. The highest BCUT2D eigenvalue weighted by Crippen LogP contribution is 2.28. The maximum absolute atomic E-state index is 12.8. The summed E-state index contributed by atoms with van der Waals surface area (Å²) in [6.45, 7) is -0.389. The van der Waals surface area contributed by atoms with Crippen LogP contribution in [-0.4, -0.2) is 42.5 Å². The van der Waals surface area contributed by atoms with Crippen molar-refractivity contribution < 1.29 is 18.7 Å². The molecule has 0 aliphatic carbocycles. The second-order valence-corrected chi connectivity index (χ2v) is 2.66. The minimum atomic E-state index is -2.93. The number of rotatable bonds is 1. The molecule has 0 spiro atoms. The number of nitrogens with zero attached hydrogens (tertiary/aromatic N) is 1. The Bertz CT molecular complexity index is 143. The molecule has 11 heavy (non-hydrogen) atoms. The second kappa shape index (κ2) is 3.00. The number of methoxy groups -OCH3 is 1. The Hall–Kier alpha value is -0.260. The number of piperidine rings is 1. The van der Waals surface area contributed by atoms with Gasteiger partial charge >= 0.3 is 0 Å². The van der Waals surface area contributed by atoms with Gasteiger partial charge in [0, 0.05) is 13.7 Å². The highest BCUT2D eigenvalue weighted by molar-refractivity contribution is 4.84. The normalized spacial score (nSPS) is 32.2. The number of ether oxygens (including phenoxy) is 1. The van der Waals surface area contributed by atoms with Crippen molar-refractivity contribution in [3.63, 3.8) is 0 Å². The van der Waals surface area contributed by atoms with E-state index in [2.05, 4.69) is 4.74 Å². The van der Waals surface area contributed by atoms with Crippen LogP contribution in [0, 0.1) is 0 Å². The van der Waals surface area contributed by atoms with Gasteiger partial charge in [-0.2, -0.15) is 5.06 Å². The molecule has 3 nitrogen and oxygen atoms in total. The summed E-state index contributed by atoms with van der Waals surface area (Å²) in [6, 6.07) is 0. The molecule has 1 saturated heterocycles. The first-order valence-corrected chi connectivity index (χ1v) is 3.40. The number of hydroxylamine groups is 2. The molecule has 1 fully saturated rings. The van der Waals surface area contributed by atoms with E-state index in [0.717, 1.165) is 0 Å². The molecular formula is C6H11F2NO2. The molecule has 66 valence electrons. The van der Waals surface area contributed by atoms with E-state index in [9.17, 15) is 8.78 Å². The molecule has 0 saturated carbocycles. The fraction of sp³-hybridized carbons (Fsp3) is 1.00. The van der Waals surface area contributed by atoms with Gasteiger partial charge in [-0.3, -0.25) is 0 Å². The number of hydrogen-bond acceptors (Lipinski definition) is 3. The topological polar surface area (TPSA) is 32.7 Å². The third-order valence-corrected chi connectivity index (χ3v) is 1.80. The van der Waals surface area contributed by atoms with E-state index in [1.165, 1.54) is 7.11 Å². The number of alkyl halides is 2. The molecule has 1 atom stereocenters. The monoisotopic (exact) mass is 167 g/mol. The first-order chi connectivity index (χ1) is 5.06. The van der Waals surface area contributed by atoms with Crippen LogP contribution in [0.2, 0.25) is 0 Å². The van der Waals surface area contributed by atoms with Gasteiger partial charge in [0.25, 0.3) is 5.92 Å². The zero-order valence-electron chi connectivity index (χ0n) is 6.26. The van der Waals surface area contributed by atoms with Crippen LogP contribution in [-0.2, 0) is 4.74 Å². The Morgan fingerprint density at radius 3 is 2.73 bits per heavy atom. The van der Waals surface area contributed by atoms with Gasteiger partial charge in [-0.1, -0.05) is 0 Å². The van der Waals surface area contributed by atoms with E-state index < -0.39 is 18.6 Å². The Morgan fingerprint density at radius 2 is 2.27 bits per heavy atom. The zero-order chi connectivity index (χ0) is 8.48. The van der Waals surface area contributed by atoms with Gasteiger partial charge in [0.1, 0.15) is 6.10 Å². The van der Waals surface area contributed by atoms with Crippen LogP contribution in [0.1, 0.15) is 6.42 Å². The summed E-state index contributed by atoms with van der Waals surface area (Å²) in [5.74, 6) is -2.93. The fourth-order valence-electron chi connectivity index (χ4n) is 1.19. The molecule has 1 unspecified atom stereocenters. The third kappa shape index (κ3) is 1.85. The number of hydrogen-bond donors (Lipinski definition) is 1. The minimum absolute atomic E-state index is 0.167. The standard InChI is InChI=1S/C6H11F2NO2/c1-11-5-2-3-9(10)4-6(5,7)8/h5,10H,2-4H2,1H3. The average molecular weight is 167 g/mol. The lowest BCUT2D eigenvalue weighted by atomic mass is 10.1. The van der Waals surface area contributed by atoms with Gasteiger partial charge in [0.2, 0.25) is 0 Å². The average Bonchev–Trinajstić information content (AvgIpc) is 1.85. The minimum Gasteiger partial charge on any atom is -0.375 e. The number of halogens is 2. The maximum Gasteiger partial charge on any atom is 0.288 e. The van der Waals surface area contributed by atoms with Crippen LogP contribution >= 0.6 is 0 Å². The van der Waals surface area contributed by atoms with Crippen molar-refractivity contribution >= 4 is 0 Å². The van der Waals surface area contributed by atoms with Crippen LogP contribution in [0.4, 0.5) is 8.78 Å². The lowest BCUT2D eigenvalue weighted by Crippen LogP contribution is -2.51. The Morgan fingerprint density at radius 1 is 1.64 bits per heavy atom. The molecule has 1 aliphatic heterocycles. The van der Waals surface area contributed by atoms with Crippen LogP contribution in [0.15, 0.2) is 0 Å². The Balaban J connectivity index is 2.56. The van der Waals surface area contributed by atoms with Gasteiger partial charge in [-0.15, -0.1) is 0 Å². The fourth-order valence-corrected chi connectivity index (χ4v) is 1.19. The first kappa shape index (κ1) is 8.83. The van der Waals surface area contributed by atoms with E-state index in [1.54, 1.807) is 0 Å². The van der Waals surface area contributed by atoms with Crippen LogP contribution in [0.25, 0.3) is 0 Å². The van der Waals surface area contributed by atoms with Crippen LogP contribution in [0.3, 0.4) is 0 Å². The van der Waals surface area contributed by atoms with E-state index in [0.29, 0.717) is 5.06 Å². The smallest absolute Gasteiger partial charge is 0.288 e. The maximum atomic E-state index is 12.8. The summed E-state index contributed by atoms with van der Waals surface area (Å²) in [4.78, 5) is 0. The first-order valence-electron chi connectivity index (χ1n) is 3.40. The zero-order valence-corrected chi connectivity index (χ0v) is 6.26. The van der Waals surface area contributed by atoms with Crippen LogP contribution < -0.4 is 0 Å². The summed E-state index contributed by atoms with van der Waals surface area (Å²) in [6.07, 6.45) is -0.883. The van der Waals surface area contributed by atoms with Crippen molar-refractivity contribution in [1.29, 1.82) is 0 Å². The molecular weight excluding hydrogens is 156 g/mol. The van der Waals surface area contributed by atoms with Gasteiger partial charge in [-0.25, -0.2) is 8.78 Å². The molecule has 0 amide bonds. The van der Waals surface area contributed by atoms with E-state index >= 15 is 0 Å². The summed E-state index contributed by atoms with van der Waals surface area (Å²) in [5.41, 5.74) is 0. The van der Waals surface area contributed by atoms with E-state index in [4.69, 9.17) is 5.21 Å². The molecule has 0 aromatic rings. The van der Waals surface area contributed by atoms with Crippen molar-refractivity contribution in [3.8, 4) is 0 Å². The van der Waals surface area contributed by atoms with Gasteiger partial charge in [0.05, 0.1) is 6.54 Å². The van der Waals surface area contributed by atoms with Crippen molar-refractivity contribution in [2.75, 3.05) is 20.2 Å². The highest BCUT2D eigenvalue weighted by atomic mass is 19.3. The predicted octanol–water partition coefficient (Wildman–Crippen LogP) is 0.732. The molecule has 0 aromatic carbocycles. The summed E-state index contributed by atoms with van der Waals surface area (Å²) >= 11 is 0. The summed E-state index contributed by atoms with van der Waals surface area (Å²) < 4.78 is 30.2. The molecule has 1 heterocycles. The molecule has 0 bridgehead atoms. The summed E-state index contributed by atoms with van der Waals surface area (Å²) in [5, 5.41) is 9.38. The third-order valence-electron chi connectivity index (χ3n) is 1.80. The molecule has 1 aliphatic rings. The summed E-state index contributed by atoms with van der Waals surface area (Å²) in [7, 11) is 1.26. The van der Waals surface area contributed by atoms with Gasteiger partial charge < -0.3 is 9.94 Å². The highest BCUT2D eigenvalue weighted by Gasteiger charge is 2.44. The predicted molar refractivity (Wildman–Crippen MR) is 33.7 cm³/mol. The Labute approximate surface area is 63.5 Å². The Kier molecular flexibility index (Phi) is 2.41. The lowest BCUT2D eigenvalue weighted by Gasteiger charge is -2.33. The van der Waals surface area contributed by atoms with Gasteiger partial charge in [-0.05, 0) is 6.42 Å². The van der Waals surface area contributed by atoms with Crippen molar-refractivity contribution in [1.82, 2.24) is 5.06 Å². The van der Waals surface area contributed by atoms with Crippen molar-refractivity contribution in [2.45, 2.75) is 18.4 Å². The van der Waals surface area contributed by atoms with E-state index in [1.807, 2.05) is 0 Å². The quantitative estimate of drug-likeness (QED) is 0.625. The second-order valence-electron chi connectivity index (χ2n) is 2.66. The largest absolute Gasteiger partial charge is 0.375 e. The molecule has 0 aromatic heterocycles. The SMILES string of the molecule is COC1CCN(O)CC1(F)F. The molecule has 5 heteroatoms. The van der Waals surface area contributed by atoms with E-state index in [-0.39, 0.29) is 13.0 Å². The van der Waals surface area contributed by atoms with Crippen molar-refractivity contribution in [3.05, 3.63) is 0 Å².